The smallest absolute Gasteiger partial charge is 0.101 e. The van der Waals surface area contributed by atoms with E-state index >= 15 is 0 Å². The van der Waals surface area contributed by atoms with Gasteiger partial charge in [0.05, 0.1) is 12.7 Å². The molecule has 4 saturated carbocycles. The third kappa shape index (κ3) is 2.69. The molecule has 0 spiro atoms. The van der Waals surface area contributed by atoms with Crippen LogP contribution in [0.2, 0.25) is 0 Å². The second-order valence-corrected chi connectivity index (χ2v) is 15.5. The number of fused-ring (bicyclic) bond motifs is 4. The molecule has 9 atom stereocenters. The molecule has 0 unspecified atom stereocenters. The summed E-state index contributed by atoms with van der Waals surface area (Å²) in [5.74, 6) is 2.04. The van der Waals surface area contributed by atoms with E-state index < -0.39 is 0 Å². The van der Waals surface area contributed by atoms with Crippen LogP contribution < -0.4 is 0 Å². The highest BCUT2D eigenvalue weighted by Gasteiger charge is 2.74. The summed E-state index contributed by atoms with van der Waals surface area (Å²) in [6, 6.07) is 0. The highest BCUT2D eigenvalue weighted by Crippen LogP contribution is 2.78. The summed E-state index contributed by atoms with van der Waals surface area (Å²) in [6.07, 6.45) is 14.4. The van der Waals surface area contributed by atoms with E-state index in [-0.39, 0.29) is 23.0 Å². The van der Waals surface area contributed by atoms with Crippen LogP contribution in [0.4, 0.5) is 0 Å². The van der Waals surface area contributed by atoms with E-state index in [4.69, 9.17) is 9.62 Å². The Morgan fingerprint density at radius 2 is 1.58 bits per heavy atom. The van der Waals surface area contributed by atoms with Gasteiger partial charge in [0.2, 0.25) is 0 Å². The SMILES string of the molecule is CC1(C)CC[C@]2(C)CC[C@]3(C)[C@H]4[C@@H]5C=C6[C@@H](CC[C@H](OO)C6(C)C)[C@@]4(CC[C@@]3(C)[C@@H]2C1)CO5. The zero-order valence-corrected chi connectivity index (χ0v) is 22.3. The number of hydrogen-bond donors (Lipinski definition) is 1. The minimum atomic E-state index is -0.123. The molecule has 1 heterocycles. The fourth-order valence-corrected chi connectivity index (χ4v) is 11.1. The quantitative estimate of drug-likeness (QED) is 0.250. The van der Waals surface area contributed by atoms with Crippen LogP contribution in [0, 0.1) is 50.2 Å². The van der Waals surface area contributed by atoms with Gasteiger partial charge in [-0.25, -0.2) is 4.89 Å². The first-order valence-corrected chi connectivity index (χ1v) is 14.0. The second kappa shape index (κ2) is 6.68. The minimum Gasteiger partial charge on any atom is -0.373 e. The van der Waals surface area contributed by atoms with Crippen LogP contribution in [-0.4, -0.2) is 24.1 Å². The minimum absolute atomic E-state index is 0.100. The van der Waals surface area contributed by atoms with E-state index in [1.165, 1.54) is 50.5 Å². The van der Waals surface area contributed by atoms with Crippen molar-refractivity contribution < 1.29 is 14.9 Å². The molecule has 6 aliphatic rings. The molecule has 6 rings (SSSR count). The van der Waals surface area contributed by atoms with Crippen molar-refractivity contribution in [1.29, 1.82) is 0 Å². The molecule has 1 N–H and O–H groups in total. The Hall–Kier alpha value is -0.380. The first-order chi connectivity index (χ1) is 15.3. The van der Waals surface area contributed by atoms with E-state index in [1.807, 2.05) is 0 Å². The fraction of sp³-hybridized carbons (Fsp3) is 0.933. The molecule has 3 heteroatoms. The molecule has 5 fully saturated rings. The highest BCUT2D eigenvalue weighted by atomic mass is 17.1. The van der Waals surface area contributed by atoms with Crippen LogP contribution >= 0.6 is 0 Å². The Kier molecular flexibility index (Phi) is 4.66. The molecule has 1 aliphatic heterocycles. The lowest BCUT2D eigenvalue weighted by atomic mass is 9.31. The van der Waals surface area contributed by atoms with Crippen molar-refractivity contribution in [1.82, 2.24) is 0 Å². The standard InChI is InChI=1S/C30H48O3/c1-25(2)10-11-27(5)12-13-29(7)24-21-16-20-19(8-9-23(33-31)26(20,3)4)30(24,18-32-21)15-14-28(29,6)22(27)17-25/h16,19,21-24,31H,8-15,17-18H2,1-7H3/t19-,21+,22-,23+,24-,27-,28+,29-,30-/m1/s1. The maximum absolute atomic E-state index is 9.64. The van der Waals surface area contributed by atoms with Crippen LogP contribution in [0.1, 0.15) is 106 Å². The lowest BCUT2D eigenvalue weighted by Crippen LogP contribution is -2.67. The Bertz CT molecular complexity index is 874. The highest BCUT2D eigenvalue weighted by molar-refractivity contribution is 5.35. The topological polar surface area (TPSA) is 38.7 Å². The predicted molar refractivity (Wildman–Crippen MR) is 132 cm³/mol. The van der Waals surface area contributed by atoms with Gasteiger partial charge in [-0.15, -0.1) is 0 Å². The first kappa shape index (κ1) is 23.0. The van der Waals surface area contributed by atoms with Gasteiger partial charge in [-0.1, -0.05) is 60.1 Å². The third-order valence-electron chi connectivity index (χ3n) is 13.4. The van der Waals surface area contributed by atoms with Crippen LogP contribution in [0.15, 0.2) is 11.6 Å². The lowest BCUT2D eigenvalue weighted by Gasteiger charge is -2.72. The van der Waals surface area contributed by atoms with E-state index in [1.54, 1.807) is 0 Å². The van der Waals surface area contributed by atoms with Gasteiger partial charge in [0.15, 0.2) is 0 Å². The van der Waals surface area contributed by atoms with Crippen molar-refractivity contribution in [3.8, 4) is 0 Å². The average molecular weight is 457 g/mol. The number of hydrogen-bond acceptors (Lipinski definition) is 3. The molecule has 0 aromatic rings. The van der Waals surface area contributed by atoms with Crippen molar-refractivity contribution in [3.63, 3.8) is 0 Å². The van der Waals surface area contributed by atoms with Gasteiger partial charge in [-0.2, -0.15) is 0 Å². The molecule has 186 valence electrons. The average Bonchev–Trinajstić information content (AvgIpc) is 3.05. The molecule has 0 aromatic carbocycles. The summed E-state index contributed by atoms with van der Waals surface area (Å²) in [5.41, 5.74) is 3.40. The van der Waals surface area contributed by atoms with Gasteiger partial charge in [0.25, 0.3) is 0 Å². The molecule has 1 saturated heterocycles. The van der Waals surface area contributed by atoms with E-state index in [2.05, 4.69) is 54.5 Å². The van der Waals surface area contributed by atoms with Crippen molar-refractivity contribution in [2.45, 2.75) is 118 Å². The summed E-state index contributed by atoms with van der Waals surface area (Å²) < 4.78 is 6.75. The number of ether oxygens (including phenoxy) is 1. The van der Waals surface area contributed by atoms with E-state index in [0.29, 0.717) is 33.5 Å². The van der Waals surface area contributed by atoms with Crippen molar-refractivity contribution in [3.05, 3.63) is 11.6 Å². The molecule has 0 aromatic heterocycles. The summed E-state index contributed by atoms with van der Waals surface area (Å²) in [6.45, 7) is 18.6. The van der Waals surface area contributed by atoms with Gasteiger partial charge >= 0.3 is 0 Å². The largest absolute Gasteiger partial charge is 0.373 e. The zero-order valence-electron chi connectivity index (χ0n) is 22.3. The maximum atomic E-state index is 9.64. The van der Waals surface area contributed by atoms with Gasteiger partial charge < -0.3 is 4.74 Å². The van der Waals surface area contributed by atoms with Gasteiger partial charge in [-0.05, 0) is 91.3 Å². The molecule has 5 aliphatic carbocycles. The van der Waals surface area contributed by atoms with Crippen molar-refractivity contribution >= 4 is 0 Å². The summed E-state index contributed by atoms with van der Waals surface area (Å²) >= 11 is 0. The normalized spacial score (nSPS) is 56.1. The first-order valence-electron chi connectivity index (χ1n) is 14.0. The molecule has 2 bridgehead atoms. The van der Waals surface area contributed by atoms with Gasteiger partial charge in [-0.3, -0.25) is 5.26 Å². The van der Waals surface area contributed by atoms with Crippen LogP contribution in [0.25, 0.3) is 0 Å². The van der Waals surface area contributed by atoms with E-state index in [9.17, 15) is 5.26 Å². The monoisotopic (exact) mass is 456 g/mol. The Labute approximate surface area is 202 Å². The van der Waals surface area contributed by atoms with Crippen LogP contribution in [0.3, 0.4) is 0 Å². The van der Waals surface area contributed by atoms with Crippen molar-refractivity contribution in [2.24, 2.45) is 50.2 Å². The molecular formula is C30H48O3. The van der Waals surface area contributed by atoms with Crippen LogP contribution in [-0.2, 0) is 9.62 Å². The summed E-state index contributed by atoms with van der Waals surface area (Å²) in [5, 5.41) is 9.64. The molecule has 0 radical (unpaired) electrons. The van der Waals surface area contributed by atoms with Crippen molar-refractivity contribution in [2.75, 3.05) is 6.61 Å². The second-order valence-electron chi connectivity index (χ2n) is 15.5. The Morgan fingerprint density at radius 1 is 0.879 bits per heavy atom. The molecule has 3 nitrogen and oxygen atoms in total. The molecular weight excluding hydrogens is 408 g/mol. The zero-order chi connectivity index (χ0) is 23.7. The van der Waals surface area contributed by atoms with Crippen LogP contribution in [0.5, 0.6) is 0 Å². The van der Waals surface area contributed by atoms with Gasteiger partial charge in [0, 0.05) is 16.7 Å². The summed E-state index contributed by atoms with van der Waals surface area (Å²) in [7, 11) is 0. The Morgan fingerprint density at radius 3 is 2.30 bits per heavy atom. The van der Waals surface area contributed by atoms with Gasteiger partial charge in [0.1, 0.15) is 6.10 Å². The number of rotatable bonds is 1. The lowest BCUT2D eigenvalue weighted by molar-refractivity contribution is -0.305. The molecule has 0 amide bonds. The Balaban J connectivity index is 1.44. The van der Waals surface area contributed by atoms with E-state index in [0.717, 1.165) is 25.4 Å². The predicted octanol–water partition coefficient (Wildman–Crippen LogP) is 7.66. The fourth-order valence-electron chi connectivity index (χ4n) is 11.1. The maximum Gasteiger partial charge on any atom is 0.101 e. The third-order valence-corrected chi connectivity index (χ3v) is 13.4. The summed E-state index contributed by atoms with van der Waals surface area (Å²) in [4.78, 5) is 5.01. The molecule has 33 heavy (non-hydrogen) atoms.